The van der Waals surface area contributed by atoms with E-state index in [4.69, 9.17) is 5.73 Å². The topological polar surface area (TPSA) is 122 Å². The highest BCUT2D eigenvalue weighted by atomic mass is 16.3. The molecule has 0 saturated heterocycles. The Morgan fingerprint density at radius 2 is 1.79 bits per heavy atom. The summed E-state index contributed by atoms with van der Waals surface area (Å²) in [6.07, 6.45) is 5.56. The molecule has 2 amide bonds. The maximum atomic E-state index is 13.3. The SMILES string of the molecule is CCCCNC(=O)[C@H](C)C[C@H](O)[C@@H](N)C[C@@H](CNC(=O)c1cn(-c2ccccn2)c2ccccc12)C(C)C. The van der Waals surface area contributed by atoms with Crippen LogP contribution in [0, 0.1) is 17.8 Å². The molecule has 4 atom stereocenters. The Bertz CT molecular complexity index is 1180. The number of nitrogens with two attached hydrogens (primary N) is 1. The average molecular weight is 522 g/mol. The van der Waals surface area contributed by atoms with Gasteiger partial charge in [-0.3, -0.25) is 9.59 Å². The number of rotatable bonds is 14. The molecule has 0 bridgehead atoms. The molecule has 3 aromatic rings. The minimum absolute atomic E-state index is 0.0535. The molecule has 5 N–H and O–H groups in total. The molecule has 0 saturated carbocycles. The van der Waals surface area contributed by atoms with Gasteiger partial charge in [-0.2, -0.15) is 0 Å². The summed E-state index contributed by atoms with van der Waals surface area (Å²) in [6, 6.07) is 13.0. The Labute approximate surface area is 226 Å². The van der Waals surface area contributed by atoms with Gasteiger partial charge in [0.2, 0.25) is 5.91 Å². The molecule has 206 valence electrons. The Balaban J connectivity index is 1.62. The third-order valence-corrected chi connectivity index (χ3v) is 7.26. The molecule has 3 rings (SSSR count). The van der Waals surface area contributed by atoms with Gasteiger partial charge in [-0.15, -0.1) is 0 Å². The first-order valence-corrected chi connectivity index (χ1v) is 13.7. The highest BCUT2D eigenvalue weighted by Crippen LogP contribution is 2.25. The summed E-state index contributed by atoms with van der Waals surface area (Å²) in [7, 11) is 0. The molecule has 2 aromatic heterocycles. The highest BCUT2D eigenvalue weighted by Gasteiger charge is 2.26. The van der Waals surface area contributed by atoms with Crippen molar-refractivity contribution in [2.45, 2.75) is 65.5 Å². The molecule has 38 heavy (non-hydrogen) atoms. The van der Waals surface area contributed by atoms with Crippen LogP contribution in [0.3, 0.4) is 0 Å². The van der Waals surface area contributed by atoms with Crippen LogP contribution in [0.5, 0.6) is 0 Å². The number of hydrogen-bond donors (Lipinski definition) is 4. The van der Waals surface area contributed by atoms with Gasteiger partial charge in [-0.05, 0) is 49.3 Å². The summed E-state index contributed by atoms with van der Waals surface area (Å²) in [5.41, 5.74) is 7.88. The molecule has 0 spiro atoms. The number of pyridine rings is 1. The average Bonchev–Trinajstić information content (AvgIpc) is 3.31. The third kappa shape index (κ3) is 7.65. The Morgan fingerprint density at radius 1 is 1.05 bits per heavy atom. The number of aliphatic hydroxyl groups is 1. The molecular formula is C30H43N5O3. The molecular weight excluding hydrogens is 478 g/mol. The fourth-order valence-corrected chi connectivity index (χ4v) is 4.67. The first-order valence-electron chi connectivity index (χ1n) is 13.7. The quantitative estimate of drug-likeness (QED) is 0.239. The van der Waals surface area contributed by atoms with Crippen molar-refractivity contribution in [1.29, 1.82) is 0 Å². The van der Waals surface area contributed by atoms with E-state index in [9.17, 15) is 14.7 Å². The van der Waals surface area contributed by atoms with E-state index in [1.54, 1.807) is 6.20 Å². The molecule has 1 aromatic carbocycles. The van der Waals surface area contributed by atoms with E-state index < -0.39 is 12.1 Å². The molecule has 0 unspecified atom stereocenters. The van der Waals surface area contributed by atoms with Crippen molar-refractivity contribution >= 4 is 22.7 Å². The van der Waals surface area contributed by atoms with E-state index in [2.05, 4.69) is 36.4 Å². The van der Waals surface area contributed by atoms with Gasteiger partial charge in [-0.1, -0.05) is 58.4 Å². The van der Waals surface area contributed by atoms with Gasteiger partial charge >= 0.3 is 0 Å². The second-order valence-corrected chi connectivity index (χ2v) is 10.6. The number of amides is 2. The number of hydrogen-bond acceptors (Lipinski definition) is 5. The second kappa shape index (κ2) is 14.1. The van der Waals surface area contributed by atoms with Crippen molar-refractivity contribution in [2.24, 2.45) is 23.5 Å². The Hall–Kier alpha value is -3.23. The summed E-state index contributed by atoms with van der Waals surface area (Å²) < 4.78 is 1.93. The molecule has 2 heterocycles. The van der Waals surface area contributed by atoms with Gasteiger partial charge in [0.15, 0.2) is 0 Å². The van der Waals surface area contributed by atoms with Crippen LogP contribution in [0.2, 0.25) is 0 Å². The predicted octanol–water partition coefficient (Wildman–Crippen LogP) is 4.05. The highest BCUT2D eigenvalue weighted by molar-refractivity contribution is 6.07. The number of para-hydroxylation sites is 1. The minimum Gasteiger partial charge on any atom is -0.391 e. The number of benzene rings is 1. The molecule has 0 aliphatic heterocycles. The summed E-state index contributed by atoms with van der Waals surface area (Å²) >= 11 is 0. The van der Waals surface area contributed by atoms with Crippen molar-refractivity contribution in [1.82, 2.24) is 20.2 Å². The van der Waals surface area contributed by atoms with E-state index in [-0.39, 0.29) is 29.6 Å². The lowest BCUT2D eigenvalue weighted by Crippen LogP contribution is -2.42. The first kappa shape index (κ1) is 29.3. The molecule has 0 fully saturated rings. The molecule has 8 heteroatoms. The lowest BCUT2D eigenvalue weighted by molar-refractivity contribution is -0.125. The Morgan fingerprint density at radius 3 is 2.47 bits per heavy atom. The van der Waals surface area contributed by atoms with Crippen LogP contribution in [0.25, 0.3) is 16.7 Å². The zero-order chi connectivity index (χ0) is 27.7. The van der Waals surface area contributed by atoms with Crippen molar-refractivity contribution in [3.05, 3.63) is 60.4 Å². The van der Waals surface area contributed by atoms with Gasteiger partial charge in [-0.25, -0.2) is 4.98 Å². The van der Waals surface area contributed by atoms with Crippen LogP contribution in [-0.2, 0) is 4.79 Å². The van der Waals surface area contributed by atoms with Gasteiger partial charge in [0.1, 0.15) is 5.82 Å². The summed E-state index contributed by atoms with van der Waals surface area (Å²) in [5.74, 6) is 0.535. The second-order valence-electron chi connectivity index (χ2n) is 10.6. The first-order chi connectivity index (χ1) is 18.2. The van der Waals surface area contributed by atoms with Gasteiger partial charge < -0.3 is 26.0 Å². The number of aliphatic hydroxyl groups excluding tert-OH is 1. The monoisotopic (exact) mass is 521 g/mol. The number of carbonyl (C=O) groups excluding carboxylic acids is 2. The summed E-state index contributed by atoms with van der Waals surface area (Å²) in [5, 5.41) is 17.6. The van der Waals surface area contributed by atoms with Gasteiger partial charge in [0, 0.05) is 42.8 Å². The van der Waals surface area contributed by atoms with Crippen LogP contribution >= 0.6 is 0 Å². The van der Waals surface area contributed by atoms with Gasteiger partial charge in [0.05, 0.1) is 17.2 Å². The Kier molecular flexibility index (Phi) is 10.9. The summed E-state index contributed by atoms with van der Waals surface area (Å²) in [4.78, 5) is 30.0. The summed E-state index contributed by atoms with van der Waals surface area (Å²) in [6.45, 7) is 9.16. The zero-order valence-electron chi connectivity index (χ0n) is 23.1. The standard InChI is InChI=1S/C30H43N5O3/c1-5-6-14-33-29(37)21(4)16-27(36)25(31)17-22(20(2)3)18-34-30(38)24-19-35(28-13-9-10-15-32-28)26-12-8-7-11-23(24)26/h7-13,15,19-22,25,27,36H,5-6,14,16-18,31H2,1-4H3,(H,33,37)(H,34,38)/t21-,22+,25+,27+/m1/s1. The number of carbonyl (C=O) groups is 2. The number of nitrogens with zero attached hydrogens (tertiary/aromatic N) is 2. The zero-order valence-corrected chi connectivity index (χ0v) is 23.1. The van der Waals surface area contributed by atoms with Crippen LogP contribution < -0.4 is 16.4 Å². The van der Waals surface area contributed by atoms with E-state index in [1.165, 1.54) is 0 Å². The fraction of sp³-hybridized carbons (Fsp3) is 0.500. The lowest BCUT2D eigenvalue weighted by Gasteiger charge is -2.28. The molecule has 0 aliphatic carbocycles. The van der Waals surface area contributed by atoms with Crippen LogP contribution in [0.15, 0.2) is 54.9 Å². The minimum atomic E-state index is -0.796. The normalized spacial score (nSPS) is 14.7. The van der Waals surface area contributed by atoms with Crippen LogP contribution in [0.1, 0.15) is 63.7 Å². The fourth-order valence-electron chi connectivity index (χ4n) is 4.67. The molecule has 8 nitrogen and oxygen atoms in total. The van der Waals surface area contributed by atoms with E-state index in [1.807, 2.05) is 60.2 Å². The van der Waals surface area contributed by atoms with Crippen LogP contribution in [0.4, 0.5) is 0 Å². The number of unbranched alkanes of at least 4 members (excludes halogenated alkanes) is 1. The van der Waals surface area contributed by atoms with Crippen molar-refractivity contribution in [3.8, 4) is 5.82 Å². The molecule has 0 aliphatic rings. The number of fused-ring (bicyclic) bond motifs is 1. The van der Waals surface area contributed by atoms with Crippen LogP contribution in [-0.4, -0.2) is 51.7 Å². The van der Waals surface area contributed by atoms with E-state index >= 15 is 0 Å². The van der Waals surface area contributed by atoms with Crippen molar-refractivity contribution in [3.63, 3.8) is 0 Å². The molecule has 0 radical (unpaired) electrons. The maximum Gasteiger partial charge on any atom is 0.253 e. The smallest absolute Gasteiger partial charge is 0.253 e. The predicted molar refractivity (Wildman–Crippen MR) is 152 cm³/mol. The van der Waals surface area contributed by atoms with E-state index in [0.29, 0.717) is 31.5 Å². The maximum absolute atomic E-state index is 13.3. The lowest BCUT2D eigenvalue weighted by atomic mass is 9.86. The van der Waals surface area contributed by atoms with Crippen molar-refractivity contribution < 1.29 is 14.7 Å². The third-order valence-electron chi connectivity index (χ3n) is 7.26. The van der Waals surface area contributed by atoms with E-state index in [0.717, 1.165) is 29.6 Å². The number of aromatic nitrogens is 2. The van der Waals surface area contributed by atoms with Crippen molar-refractivity contribution in [2.75, 3.05) is 13.1 Å². The van der Waals surface area contributed by atoms with Gasteiger partial charge in [0.25, 0.3) is 5.91 Å². The largest absolute Gasteiger partial charge is 0.391 e. The number of nitrogens with one attached hydrogen (secondary N) is 2.